The van der Waals surface area contributed by atoms with Crippen LogP contribution >= 0.6 is 0 Å². The van der Waals surface area contributed by atoms with E-state index in [9.17, 15) is 9.59 Å². The molecule has 0 saturated carbocycles. The van der Waals surface area contributed by atoms with Crippen LogP contribution in [0.1, 0.15) is 17.3 Å². The van der Waals surface area contributed by atoms with Crippen molar-refractivity contribution in [2.24, 2.45) is 5.92 Å². The summed E-state index contributed by atoms with van der Waals surface area (Å²) in [5, 5.41) is 6.12. The predicted molar refractivity (Wildman–Crippen MR) is 75.1 cm³/mol. The average molecular weight is 290 g/mol. The standard InChI is InChI=1S/C15H18N2O4/c1-2-20-14(19)11-7-16-8-15(11)9-21-12-6-4-3-5-10(12)13(18)17-15/h3-6,11,16H,2,7-9H2,1H3,(H,17,18)/t11-,15+/m1/s1. The Bertz CT molecular complexity index is 575. The van der Waals surface area contributed by atoms with Crippen LogP contribution in [-0.2, 0) is 9.53 Å². The van der Waals surface area contributed by atoms with E-state index in [1.165, 1.54) is 0 Å². The highest BCUT2D eigenvalue weighted by molar-refractivity contribution is 5.98. The van der Waals surface area contributed by atoms with Crippen LogP contribution in [0.5, 0.6) is 5.75 Å². The Morgan fingerprint density at radius 1 is 1.48 bits per heavy atom. The Labute approximate surface area is 122 Å². The fourth-order valence-corrected chi connectivity index (χ4v) is 2.91. The van der Waals surface area contributed by atoms with Gasteiger partial charge in [0.1, 0.15) is 17.9 Å². The number of carbonyl (C=O) groups is 2. The summed E-state index contributed by atoms with van der Waals surface area (Å²) in [6.45, 7) is 3.28. The van der Waals surface area contributed by atoms with Gasteiger partial charge in [0, 0.05) is 13.1 Å². The van der Waals surface area contributed by atoms with E-state index >= 15 is 0 Å². The van der Waals surface area contributed by atoms with Gasteiger partial charge in [-0.3, -0.25) is 9.59 Å². The fourth-order valence-electron chi connectivity index (χ4n) is 2.91. The Balaban J connectivity index is 1.90. The number of esters is 1. The van der Waals surface area contributed by atoms with Crippen LogP contribution in [0.4, 0.5) is 0 Å². The lowest BCUT2D eigenvalue weighted by Gasteiger charge is -2.31. The minimum Gasteiger partial charge on any atom is -0.490 e. The molecule has 2 atom stereocenters. The number of benzene rings is 1. The zero-order valence-electron chi connectivity index (χ0n) is 11.8. The molecule has 0 radical (unpaired) electrons. The first-order valence-corrected chi connectivity index (χ1v) is 7.08. The summed E-state index contributed by atoms with van der Waals surface area (Å²) in [7, 11) is 0. The summed E-state index contributed by atoms with van der Waals surface area (Å²) >= 11 is 0. The highest BCUT2D eigenvalue weighted by Gasteiger charge is 2.51. The van der Waals surface area contributed by atoms with Crippen molar-refractivity contribution < 1.29 is 19.1 Å². The molecule has 1 spiro atoms. The number of hydrogen-bond acceptors (Lipinski definition) is 5. The van der Waals surface area contributed by atoms with Gasteiger partial charge in [-0.15, -0.1) is 0 Å². The van der Waals surface area contributed by atoms with Gasteiger partial charge in [-0.25, -0.2) is 0 Å². The normalized spacial score (nSPS) is 27.5. The number of nitrogens with one attached hydrogen (secondary N) is 2. The molecule has 0 aliphatic carbocycles. The molecule has 21 heavy (non-hydrogen) atoms. The predicted octanol–water partition coefficient (Wildman–Crippen LogP) is 0.330. The third kappa shape index (κ3) is 2.35. The van der Waals surface area contributed by atoms with Gasteiger partial charge >= 0.3 is 5.97 Å². The molecular weight excluding hydrogens is 272 g/mol. The smallest absolute Gasteiger partial charge is 0.312 e. The molecule has 1 amide bonds. The third-order valence-electron chi connectivity index (χ3n) is 4.01. The quantitative estimate of drug-likeness (QED) is 0.768. The van der Waals surface area contributed by atoms with E-state index < -0.39 is 11.5 Å². The van der Waals surface area contributed by atoms with E-state index in [0.29, 0.717) is 31.0 Å². The van der Waals surface area contributed by atoms with Crippen molar-refractivity contribution in [2.45, 2.75) is 12.5 Å². The highest BCUT2D eigenvalue weighted by atomic mass is 16.5. The average Bonchev–Trinajstić information content (AvgIpc) is 2.83. The Hall–Kier alpha value is -2.08. The summed E-state index contributed by atoms with van der Waals surface area (Å²) in [5.74, 6) is -0.435. The van der Waals surface area contributed by atoms with E-state index in [2.05, 4.69) is 10.6 Å². The molecule has 2 aliphatic rings. The van der Waals surface area contributed by atoms with Gasteiger partial charge in [-0.2, -0.15) is 0 Å². The molecule has 1 aromatic rings. The summed E-state index contributed by atoms with van der Waals surface area (Å²) in [6.07, 6.45) is 0. The van der Waals surface area contributed by atoms with Crippen LogP contribution in [0, 0.1) is 5.92 Å². The van der Waals surface area contributed by atoms with Crippen molar-refractivity contribution in [3.63, 3.8) is 0 Å². The van der Waals surface area contributed by atoms with E-state index in [0.717, 1.165) is 0 Å². The van der Waals surface area contributed by atoms with Crippen molar-refractivity contribution in [3.05, 3.63) is 29.8 Å². The van der Waals surface area contributed by atoms with Gasteiger partial charge in [0.15, 0.2) is 0 Å². The molecular formula is C15H18N2O4. The molecule has 2 N–H and O–H groups in total. The zero-order valence-corrected chi connectivity index (χ0v) is 11.8. The van der Waals surface area contributed by atoms with E-state index in [-0.39, 0.29) is 18.5 Å². The Morgan fingerprint density at radius 3 is 3.10 bits per heavy atom. The lowest BCUT2D eigenvalue weighted by atomic mass is 9.87. The third-order valence-corrected chi connectivity index (χ3v) is 4.01. The van der Waals surface area contributed by atoms with Crippen LogP contribution < -0.4 is 15.4 Å². The molecule has 6 nitrogen and oxygen atoms in total. The number of amides is 1. The molecule has 112 valence electrons. The molecule has 1 aromatic carbocycles. The van der Waals surface area contributed by atoms with Crippen molar-refractivity contribution in [1.82, 2.24) is 10.6 Å². The number of hydrogen-bond donors (Lipinski definition) is 2. The van der Waals surface area contributed by atoms with E-state index in [1.54, 1.807) is 25.1 Å². The first-order valence-electron chi connectivity index (χ1n) is 7.08. The lowest BCUT2D eigenvalue weighted by molar-refractivity contribution is -0.149. The molecule has 1 fully saturated rings. The maximum Gasteiger partial charge on any atom is 0.312 e. The van der Waals surface area contributed by atoms with Gasteiger partial charge in [0.2, 0.25) is 0 Å². The zero-order chi connectivity index (χ0) is 14.9. The summed E-state index contributed by atoms with van der Waals surface area (Å²) < 4.78 is 10.9. The van der Waals surface area contributed by atoms with Crippen molar-refractivity contribution in [3.8, 4) is 5.75 Å². The van der Waals surface area contributed by atoms with Gasteiger partial charge in [-0.1, -0.05) is 12.1 Å². The maximum atomic E-state index is 12.4. The molecule has 1 saturated heterocycles. The Morgan fingerprint density at radius 2 is 2.29 bits per heavy atom. The number of carbonyl (C=O) groups excluding carboxylic acids is 2. The molecule has 0 bridgehead atoms. The summed E-state index contributed by atoms with van der Waals surface area (Å²) in [6, 6.07) is 7.08. The molecule has 3 rings (SSSR count). The summed E-state index contributed by atoms with van der Waals surface area (Å²) in [5.41, 5.74) is -0.272. The number of ether oxygens (including phenoxy) is 2. The minimum atomic E-state index is -0.762. The van der Waals surface area contributed by atoms with Crippen LogP contribution in [0.2, 0.25) is 0 Å². The topological polar surface area (TPSA) is 76.7 Å². The SMILES string of the molecule is CCOC(=O)[C@H]1CNC[C@]12COc1ccccc1C(=O)N2. The van der Waals surface area contributed by atoms with Crippen LogP contribution in [0.15, 0.2) is 24.3 Å². The van der Waals surface area contributed by atoms with Gasteiger partial charge < -0.3 is 20.1 Å². The van der Waals surface area contributed by atoms with Gasteiger partial charge in [-0.05, 0) is 19.1 Å². The molecule has 2 aliphatic heterocycles. The van der Waals surface area contributed by atoms with Crippen molar-refractivity contribution >= 4 is 11.9 Å². The van der Waals surface area contributed by atoms with Crippen molar-refractivity contribution in [1.29, 1.82) is 0 Å². The molecule has 0 unspecified atom stereocenters. The first kappa shape index (κ1) is 13.9. The molecule has 2 heterocycles. The number of para-hydroxylation sites is 1. The fraction of sp³-hybridized carbons (Fsp3) is 0.467. The van der Waals surface area contributed by atoms with Crippen LogP contribution in [-0.4, -0.2) is 43.7 Å². The van der Waals surface area contributed by atoms with Crippen molar-refractivity contribution in [2.75, 3.05) is 26.3 Å². The van der Waals surface area contributed by atoms with E-state index in [1.807, 2.05) is 6.07 Å². The molecule has 0 aromatic heterocycles. The summed E-state index contributed by atoms with van der Waals surface area (Å²) in [4.78, 5) is 24.6. The maximum absolute atomic E-state index is 12.4. The number of fused-ring (bicyclic) bond motifs is 1. The van der Waals surface area contributed by atoms with Crippen LogP contribution in [0.25, 0.3) is 0 Å². The first-order chi connectivity index (χ1) is 10.2. The van der Waals surface area contributed by atoms with E-state index in [4.69, 9.17) is 9.47 Å². The second-order valence-electron chi connectivity index (χ2n) is 5.33. The second-order valence-corrected chi connectivity index (χ2v) is 5.33. The monoisotopic (exact) mass is 290 g/mol. The second kappa shape index (κ2) is 5.37. The number of rotatable bonds is 2. The Kier molecular flexibility index (Phi) is 3.55. The lowest BCUT2D eigenvalue weighted by Crippen LogP contribution is -2.59. The largest absolute Gasteiger partial charge is 0.490 e. The van der Waals surface area contributed by atoms with Gasteiger partial charge in [0.05, 0.1) is 18.1 Å². The highest BCUT2D eigenvalue weighted by Crippen LogP contribution is 2.30. The van der Waals surface area contributed by atoms with Gasteiger partial charge in [0.25, 0.3) is 5.91 Å². The minimum absolute atomic E-state index is 0.221. The van der Waals surface area contributed by atoms with Crippen LogP contribution in [0.3, 0.4) is 0 Å². The molecule has 6 heteroatoms.